The first kappa shape index (κ1) is 9.23. The maximum atomic E-state index is 11.3. The van der Waals surface area contributed by atoms with Gasteiger partial charge in [0.2, 0.25) is 0 Å². The Morgan fingerprint density at radius 2 is 2.08 bits per heavy atom. The van der Waals surface area contributed by atoms with Gasteiger partial charge in [0, 0.05) is 12.8 Å². The number of hydrogen-bond donors (Lipinski definition) is 0. The smallest absolute Gasteiger partial charge is 0.133 e. The van der Waals surface area contributed by atoms with E-state index >= 15 is 0 Å². The molecule has 0 spiro atoms. The first-order valence-electron chi connectivity index (χ1n) is 5.81. The Morgan fingerprint density at radius 3 is 2.85 bits per heavy atom. The van der Waals surface area contributed by atoms with Crippen LogP contribution in [-0.4, -0.2) is 5.78 Å². The van der Waals surface area contributed by atoms with Crippen molar-refractivity contribution in [2.24, 2.45) is 17.8 Å². The molecule has 2 aliphatic rings. The number of Topliss-reactive ketones (excluding diaryl/α,β-unsaturated/α-hetero) is 1. The van der Waals surface area contributed by atoms with Gasteiger partial charge in [-0.1, -0.05) is 19.8 Å². The summed E-state index contributed by atoms with van der Waals surface area (Å²) >= 11 is 0. The van der Waals surface area contributed by atoms with Crippen LogP contribution in [-0.2, 0) is 4.79 Å². The Morgan fingerprint density at radius 1 is 1.23 bits per heavy atom. The average Bonchev–Trinajstić information content (AvgIpc) is 2.17. The van der Waals surface area contributed by atoms with Gasteiger partial charge in [0.05, 0.1) is 0 Å². The van der Waals surface area contributed by atoms with Gasteiger partial charge in [0.15, 0.2) is 0 Å². The zero-order valence-corrected chi connectivity index (χ0v) is 8.59. The van der Waals surface area contributed by atoms with Gasteiger partial charge >= 0.3 is 0 Å². The second-order valence-corrected chi connectivity index (χ2v) is 4.89. The maximum Gasteiger partial charge on any atom is 0.133 e. The molecule has 0 N–H and O–H groups in total. The SMILES string of the molecule is CCC1CCC2CC(=O)CCC2C1. The van der Waals surface area contributed by atoms with Gasteiger partial charge in [0.25, 0.3) is 0 Å². The van der Waals surface area contributed by atoms with Crippen molar-refractivity contribution < 1.29 is 4.79 Å². The average molecular weight is 180 g/mol. The maximum absolute atomic E-state index is 11.3. The molecule has 0 saturated heterocycles. The summed E-state index contributed by atoms with van der Waals surface area (Å²) in [5.41, 5.74) is 0. The Balaban J connectivity index is 1.94. The predicted molar refractivity (Wildman–Crippen MR) is 53.5 cm³/mol. The number of carbonyl (C=O) groups excluding carboxylic acids is 1. The number of hydrogen-bond acceptors (Lipinski definition) is 1. The van der Waals surface area contributed by atoms with Crippen LogP contribution in [0.1, 0.15) is 51.9 Å². The summed E-state index contributed by atoms with van der Waals surface area (Å²) < 4.78 is 0. The van der Waals surface area contributed by atoms with E-state index in [1.807, 2.05) is 0 Å². The standard InChI is InChI=1S/C12H20O/c1-2-9-3-4-11-8-12(13)6-5-10(11)7-9/h9-11H,2-8H2,1H3. The highest BCUT2D eigenvalue weighted by atomic mass is 16.1. The second-order valence-electron chi connectivity index (χ2n) is 4.89. The zero-order valence-electron chi connectivity index (χ0n) is 8.59. The van der Waals surface area contributed by atoms with Crippen molar-refractivity contribution in [2.45, 2.75) is 51.9 Å². The topological polar surface area (TPSA) is 17.1 Å². The highest BCUT2D eigenvalue weighted by Gasteiger charge is 2.34. The summed E-state index contributed by atoms with van der Waals surface area (Å²) in [4.78, 5) is 11.3. The van der Waals surface area contributed by atoms with Crippen molar-refractivity contribution in [1.29, 1.82) is 0 Å². The van der Waals surface area contributed by atoms with E-state index in [1.165, 1.54) is 32.1 Å². The molecule has 0 aromatic heterocycles. The molecule has 0 radical (unpaired) electrons. The molecule has 1 heteroatoms. The first-order chi connectivity index (χ1) is 6.29. The van der Waals surface area contributed by atoms with Gasteiger partial charge < -0.3 is 0 Å². The van der Waals surface area contributed by atoms with Crippen molar-refractivity contribution in [1.82, 2.24) is 0 Å². The van der Waals surface area contributed by atoms with E-state index in [9.17, 15) is 4.79 Å². The van der Waals surface area contributed by atoms with Crippen molar-refractivity contribution in [3.8, 4) is 0 Å². The number of rotatable bonds is 1. The fourth-order valence-electron chi connectivity index (χ4n) is 3.16. The molecule has 0 heterocycles. The molecule has 74 valence electrons. The van der Waals surface area contributed by atoms with Crippen LogP contribution >= 0.6 is 0 Å². The van der Waals surface area contributed by atoms with E-state index in [1.54, 1.807) is 0 Å². The summed E-state index contributed by atoms with van der Waals surface area (Å²) in [5.74, 6) is 3.16. The second kappa shape index (κ2) is 3.81. The van der Waals surface area contributed by atoms with Crippen molar-refractivity contribution in [3.05, 3.63) is 0 Å². The van der Waals surface area contributed by atoms with Gasteiger partial charge in [-0.05, 0) is 37.0 Å². The van der Waals surface area contributed by atoms with Gasteiger partial charge in [-0.15, -0.1) is 0 Å². The molecule has 2 fully saturated rings. The summed E-state index contributed by atoms with van der Waals surface area (Å²) in [7, 11) is 0. The van der Waals surface area contributed by atoms with Gasteiger partial charge in [0.1, 0.15) is 5.78 Å². The van der Waals surface area contributed by atoms with Crippen LogP contribution in [0.2, 0.25) is 0 Å². The van der Waals surface area contributed by atoms with E-state index in [4.69, 9.17) is 0 Å². The molecule has 2 rings (SSSR count). The Kier molecular flexibility index (Phi) is 2.71. The molecule has 0 aromatic carbocycles. The minimum absolute atomic E-state index is 0.524. The number of fused-ring (bicyclic) bond motifs is 1. The predicted octanol–water partition coefficient (Wildman–Crippen LogP) is 3.18. The van der Waals surface area contributed by atoms with E-state index < -0.39 is 0 Å². The van der Waals surface area contributed by atoms with Gasteiger partial charge in [-0.3, -0.25) is 4.79 Å². The van der Waals surface area contributed by atoms with E-state index in [2.05, 4.69) is 6.92 Å². The fraction of sp³-hybridized carbons (Fsp3) is 0.917. The van der Waals surface area contributed by atoms with Crippen molar-refractivity contribution in [3.63, 3.8) is 0 Å². The largest absolute Gasteiger partial charge is 0.300 e. The third-order valence-electron chi connectivity index (χ3n) is 4.11. The van der Waals surface area contributed by atoms with Gasteiger partial charge in [-0.2, -0.15) is 0 Å². The monoisotopic (exact) mass is 180 g/mol. The van der Waals surface area contributed by atoms with Crippen LogP contribution < -0.4 is 0 Å². The van der Waals surface area contributed by atoms with Crippen LogP contribution in [0.25, 0.3) is 0 Å². The minimum atomic E-state index is 0.524. The van der Waals surface area contributed by atoms with E-state index in [0.717, 1.165) is 30.6 Å². The lowest BCUT2D eigenvalue weighted by Gasteiger charge is -2.38. The lowest BCUT2D eigenvalue weighted by atomic mass is 9.67. The van der Waals surface area contributed by atoms with Crippen molar-refractivity contribution in [2.75, 3.05) is 0 Å². The lowest BCUT2D eigenvalue weighted by Crippen LogP contribution is -2.30. The minimum Gasteiger partial charge on any atom is -0.300 e. The number of carbonyl (C=O) groups is 1. The third kappa shape index (κ3) is 1.95. The zero-order chi connectivity index (χ0) is 9.26. The molecular weight excluding hydrogens is 160 g/mol. The first-order valence-corrected chi connectivity index (χ1v) is 5.81. The molecular formula is C12H20O. The Hall–Kier alpha value is -0.330. The Bertz CT molecular complexity index is 197. The van der Waals surface area contributed by atoms with Crippen molar-refractivity contribution >= 4 is 5.78 Å². The highest BCUT2D eigenvalue weighted by molar-refractivity contribution is 5.79. The number of ketones is 1. The fourth-order valence-corrected chi connectivity index (χ4v) is 3.16. The summed E-state index contributed by atoms with van der Waals surface area (Å²) in [6.45, 7) is 2.30. The molecule has 3 atom stereocenters. The van der Waals surface area contributed by atoms with Crippen LogP contribution in [0.4, 0.5) is 0 Å². The molecule has 1 nitrogen and oxygen atoms in total. The summed E-state index contributed by atoms with van der Waals surface area (Å²) in [6.07, 6.45) is 8.43. The van der Waals surface area contributed by atoms with Crippen LogP contribution in [0.15, 0.2) is 0 Å². The van der Waals surface area contributed by atoms with Gasteiger partial charge in [-0.25, -0.2) is 0 Å². The highest BCUT2D eigenvalue weighted by Crippen LogP contribution is 2.42. The molecule has 0 aromatic rings. The molecule has 0 bridgehead atoms. The molecule has 0 amide bonds. The molecule has 13 heavy (non-hydrogen) atoms. The van der Waals surface area contributed by atoms with E-state index in [-0.39, 0.29) is 0 Å². The van der Waals surface area contributed by atoms with Crippen LogP contribution in [0, 0.1) is 17.8 Å². The molecule has 3 unspecified atom stereocenters. The molecule has 2 aliphatic carbocycles. The summed E-state index contributed by atoms with van der Waals surface area (Å²) in [6, 6.07) is 0. The summed E-state index contributed by atoms with van der Waals surface area (Å²) in [5, 5.41) is 0. The normalized spacial score (nSPS) is 40.1. The third-order valence-corrected chi connectivity index (χ3v) is 4.11. The molecule has 0 aliphatic heterocycles. The lowest BCUT2D eigenvalue weighted by molar-refractivity contribution is -0.123. The van der Waals surface area contributed by atoms with E-state index in [0.29, 0.717) is 5.78 Å². The Labute approximate surface area is 80.9 Å². The van der Waals surface area contributed by atoms with Crippen LogP contribution in [0.5, 0.6) is 0 Å². The molecule has 2 saturated carbocycles. The van der Waals surface area contributed by atoms with Crippen LogP contribution in [0.3, 0.4) is 0 Å². The quantitative estimate of drug-likeness (QED) is 0.605.